The van der Waals surface area contributed by atoms with E-state index in [4.69, 9.17) is 5.84 Å². The molecule has 0 bridgehead atoms. The summed E-state index contributed by atoms with van der Waals surface area (Å²) >= 11 is 0. The average Bonchev–Trinajstić information content (AvgIpc) is 2.40. The van der Waals surface area contributed by atoms with Gasteiger partial charge >= 0.3 is 0 Å². The van der Waals surface area contributed by atoms with Crippen molar-refractivity contribution in [2.45, 2.75) is 45.1 Å². The number of nitrogens with zero attached hydrogens (tertiary/aromatic N) is 2. The Hall–Kier alpha value is -1.36. The first kappa shape index (κ1) is 12.1. The minimum atomic E-state index is 0.450. The van der Waals surface area contributed by atoms with E-state index in [0.29, 0.717) is 12.0 Å². The maximum absolute atomic E-state index is 5.29. The molecule has 1 saturated carbocycles. The molecule has 0 amide bonds. The van der Waals surface area contributed by atoms with Gasteiger partial charge in [0.05, 0.1) is 0 Å². The molecule has 1 unspecified atom stereocenters. The first-order chi connectivity index (χ1) is 8.29. The highest BCUT2D eigenvalue weighted by molar-refractivity contribution is 5.39. The summed E-state index contributed by atoms with van der Waals surface area (Å²) in [6.07, 6.45) is 8.45. The fraction of sp³-hybridized carbons (Fsp3) is 0.667. The normalized spacial score (nSPS) is 18.7. The lowest BCUT2D eigenvalue weighted by Gasteiger charge is -2.28. The lowest BCUT2D eigenvalue weighted by Crippen LogP contribution is -2.28. The molecule has 1 fully saturated rings. The van der Waals surface area contributed by atoms with Gasteiger partial charge in [0.25, 0.3) is 0 Å². The molecule has 1 aromatic heterocycles. The summed E-state index contributed by atoms with van der Waals surface area (Å²) in [5.41, 5.74) is 2.46. The highest BCUT2D eigenvalue weighted by Crippen LogP contribution is 2.27. The van der Waals surface area contributed by atoms with Crippen molar-refractivity contribution in [3.05, 3.63) is 12.3 Å². The van der Waals surface area contributed by atoms with Crippen molar-refractivity contribution in [3.63, 3.8) is 0 Å². The first-order valence-electron chi connectivity index (χ1n) is 6.36. The van der Waals surface area contributed by atoms with Crippen LogP contribution < -0.4 is 16.6 Å². The number of nitrogen functional groups attached to an aromatic ring is 1. The van der Waals surface area contributed by atoms with Crippen LogP contribution in [0, 0.1) is 5.92 Å². The molecule has 0 radical (unpaired) electrons. The van der Waals surface area contributed by atoms with E-state index in [9.17, 15) is 0 Å². The summed E-state index contributed by atoms with van der Waals surface area (Å²) < 4.78 is 0. The average molecular weight is 235 g/mol. The number of hydrogen-bond donors (Lipinski definition) is 3. The van der Waals surface area contributed by atoms with Gasteiger partial charge in [0, 0.05) is 12.2 Å². The Bertz CT molecular complexity index is 349. The SMILES string of the molecule is CC(Nc1ccnc(NN)n1)C1CCCCC1. The van der Waals surface area contributed by atoms with Gasteiger partial charge in [-0.1, -0.05) is 19.3 Å². The van der Waals surface area contributed by atoms with Crippen LogP contribution in [0.15, 0.2) is 12.3 Å². The Morgan fingerprint density at radius 1 is 1.35 bits per heavy atom. The molecule has 5 nitrogen and oxygen atoms in total. The molecule has 1 aromatic rings. The van der Waals surface area contributed by atoms with Gasteiger partial charge < -0.3 is 5.32 Å². The molecule has 1 aliphatic carbocycles. The van der Waals surface area contributed by atoms with E-state index in [1.165, 1.54) is 32.1 Å². The summed E-state index contributed by atoms with van der Waals surface area (Å²) in [4.78, 5) is 8.26. The molecule has 94 valence electrons. The highest BCUT2D eigenvalue weighted by Gasteiger charge is 2.20. The monoisotopic (exact) mass is 235 g/mol. The van der Waals surface area contributed by atoms with E-state index in [1.807, 2.05) is 6.07 Å². The van der Waals surface area contributed by atoms with Gasteiger partial charge in [0.2, 0.25) is 5.95 Å². The Balaban J connectivity index is 1.94. The van der Waals surface area contributed by atoms with Crippen LogP contribution >= 0.6 is 0 Å². The second kappa shape index (κ2) is 5.82. The van der Waals surface area contributed by atoms with Gasteiger partial charge in [-0.15, -0.1) is 0 Å². The van der Waals surface area contributed by atoms with Crippen molar-refractivity contribution in [2.75, 3.05) is 10.7 Å². The van der Waals surface area contributed by atoms with Crippen LogP contribution in [-0.2, 0) is 0 Å². The van der Waals surface area contributed by atoms with Crippen LogP contribution in [0.3, 0.4) is 0 Å². The van der Waals surface area contributed by atoms with Crippen LogP contribution in [0.4, 0.5) is 11.8 Å². The molecule has 1 heterocycles. The predicted molar refractivity (Wildman–Crippen MR) is 69.5 cm³/mol. The number of nitrogens with one attached hydrogen (secondary N) is 2. The third-order valence-corrected chi connectivity index (χ3v) is 3.52. The number of hydrazine groups is 1. The minimum Gasteiger partial charge on any atom is -0.367 e. The molecule has 5 heteroatoms. The number of rotatable bonds is 4. The molecule has 1 aliphatic rings. The van der Waals surface area contributed by atoms with Crippen molar-refractivity contribution in [3.8, 4) is 0 Å². The Labute approximate surface area is 102 Å². The van der Waals surface area contributed by atoms with Gasteiger partial charge in [-0.05, 0) is 31.7 Å². The summed E-state index contributed by atoms with van der Waals surface area (Å²) in [5.74, 6) is 7.34. The van der Waals surface area contributed by atoms with E-state index in [2.05, 4.69) is 27.6 Å². The fourth-order valence-electron chi connectivity index (χ4n) is 2.49. The van der Waals surface area contributed by atoms with Crippen LogP contribution in [0.2, 0.25) is 0 Å². The Morgan fingerprint density at radius 3 is 2.82 bits per heavy atom. The van der Waals surface area contributed by atoms with Gasteiger partial charge in [-0.2, -0.15) is 4.98 Å². The van der Waals surface area contributed by atoms with Crippen molar-refractivity contribution in [1.29, 1.82) is 0 Å². The van der Waals surface area contributed by atoms with Gasteiger partial charge in [0.15, 0.2) is 0 Å². The number of anilines is 2. The number of aromatic nitrogens is 2. The molecular formula is C12H21N5. The number of nitrogens with two attached hydrogens (primary N) is 1. The van der Waals surface area contributed by atoms with Gasteiger partial charge in [0.1, 0.15) is 5.82 Å². The zero-order valence-corrected chi connectivity index (χ0v) is 10.3. The summed E-state index contributed by atoms with van der Waals surface area (Å²) in [5, 5.41) is 3.44. The smallest absolute Gasteiger partial charge is 0.239 e. The van der Waals surface area contributed by atoms with E-state index in [0.717, 1.165) is 11.7 Å². The summed E-state index contributed by atoms with van der Waals surface area (Å²) in [6, 6.07) is 2.33. The number of hydrogen-bond acceptors (Lipinski definition) is 5. The predicted octanol–water partition coefficient (Wildman–Crippen LogP) is 2.14. The molecule has 1 atom stereocenters. The largest absolute Gasteiger partial charge is 0.367 e. The van der Waals surface area contributed by atoms with Crippen molar-refractivity contribution in [1.82, 2.24) is 9.97 Å². The molecule has 0 saturated heterocycles. The van der Waals surface area contributed by atoms with Gasteiger partial charge in [-0.25, -0.2) is 10.8 Å². The standard InChI is InChI=1S/C12H21N5/c1-9(10-5-3-2-4-6-10)15-11-7-8-14-12(16-11)17-13/h7-10H,2-6,13H2,1H3,(H2,14,15,16,17). The molecule has 4 N–H and O–H groups in total. The van der Waals surface area contributed by atoms with E-state index in [1.54, 1.807) is 6.20 Å². The van der Waals surface area contributed by atoms with E-state index in [-0.39, 0.29) is 0 Å². The topological polar surface area (TPSA) is 75.9 Å². The molecule has 0 aliphatic heterocycles. The quantitative estimate of drug-likeness (QED) is 0.550. The Morgan fingerprint density at radius 2 is 2.12 bits per heavy atom. The maximum Gasteiger partial charge on any atom is 0.239 e. The molecule has 0 spiro atoms. The third-order valence-electron chi connectivity index (χ3n) is 3.52. The second-order valence-corrected chi connectivity index (χ2v) is 4.74. The maximum atomic E-state index is 5.29. The lowest BCUT2D eigenvalue weighted by atomic mass is 9.84. The zero-order chi connectivity index (χ0) is 12.1. The van der Waals surface area contributed by atoms with Crippen molar-refractivity contribution < 1.29 is 0 Å². The second-order valence-electron chi connectivity index (χ2n) is 4.74. The summed E-state index contributed by atoms with van der Waals surface area (Å²) in [7, 11) is 0. The van der Waals surface area contributed by atoms with Crippen molar-refractivity contribution >= 4 is 11.8 Å². The van der Waals surface area contributed by atoms with Crippen LogP contribution in [0.5, 0.6) is 0 Å². The molecule has 2 rings (SSSR count). The lowest BCUT2D eigenvalue weighted by molar-refractivity contribution is 0.328. The van der Waals surface area contributed by atoms with Crippen molar-refractivity contribution in [2.24, 2.45) is 11.8 Å². The minimum absolute atomic E-state index is 0.450. The van der Waals surface area contributed by atoms with Crippen LogP contribution in [0.25, 0.3) is 0 Å². The molecular weight excluding hydrogens is 214 g/mol. The third kappa shape index (κ3) is 3.30. The fourth-order valence-corrected chi connectivity index (χ4v) is 2.49. The van der Waals surface area contributed by atoms with E-state index >= 15 is 0 Å². The summed E-state index contributed by atoms with van der Waals surface area (Å²) in [6.45, 7) is 2.23. The van der Waals surface area contributed by atoms with E-state index < -0.39 is 0 Å². The van der Waals surface area contributed by atoms with Gasteiger partial charge in [-0.3, -0.25) is 5.43 Å². The molecule has 0 aromatic carbocycles. The zero-order valence-electron chi connectivity index (χ0n) is 10.3. The Kier molecular flexibility index (Phi) is 4.14. The first-order valence-corrected chi connectivity index (χ1v) is 6.36. The van der Waals surface area contributed by atoms with Crippen LogP contribution in [-0.4, -0.2) is 16.0 Å². The van der Waals surface area contributed by atoms with Crippen LogP contribution in [0.1, 0.15) is 39.0 Å². The molecule has 17 heavy (non-hydrogen) atoms. The highest BCUT2D eigenvalue weighted by atomic mass is 15.3.